The fourth-order valence-corrected chi connectivity index (χ4v) is 2.75. The van der Waals surface area contributed by atoms with Crippen molar-refractivity contribution in [3.8, 4) is 0 Å². The Morgan fingerprint density at radius 3 is 2.63 bits per heavy atom. The van der Waals surface area contributed by atoms with Gasteiger partial charge in [-0.25, -0.2) is 0 Å². The number of hydrogen-bond donors (Lipinski definition) is 1. The first-order valence-corrected chi connectivity index (χ1v) is 7.10. The third-order valence-electron chi connectivity index (χ3n) is 3.88. The van der Waals surface area contributed by atoms with E-state index in [9.17, 15) is 0 Å². The number of tetrazole rings is 1. The van der Waals surface area contributed by atoms with E-state index >= 15 is 0 Å². The highest BCUT2D eigenvalue weighted by molar-refractivity contribution is 4.94. The molecule has 1 aromatic heterocycles. The Bertz CT molecular complexity index is 408. The molecule has 0 amide bonds. The molecule has 6 heteroatoms. The van der Waals surface area contributed by atoms with Gasteiger partial charge in [-0.1, -0.05) is 27.7 Å². The first kappa shape index (κ1) is 14.4. The van der Waals surface area contributed by atoms with Gasteiger partial charge in [0.25, 0.3) is 0 Å². The molecule has 0 bridgehead atoms. The average molecular weight is 266 g/mol. The van der Waals surface area contributed by atoms with E-state index in [1.165, 1.54) is 4.80 Å². The second kappa shape index (κ2) is 5.54. The molecule has 2 atom stereocenters. The number of nitrogens with one attached hydrogen (secondary N) is 1. The van der Waals surface area contributed by atoms with Crippen LogP contribution in [0, 0.1) is 5.41 Å². The van der Waals surface area contributed by atoms with Gasteiger partial charge in [-0.3, -0.25) is 4.90 Å². The lowest BCUT2D eigenvalue weighted by Crippen LogP contribution is -2.60. The molecular formula is C13H26N6. The molecule has 19 heavy (non-hydrogen) atoms. The first-order valence-electron chi connectivity index (χ1n) is 7.10. The van der Waals surface area contributed by atoms with Gasteiger partial charge in [-0.05, 0) is 17.0 Å². The van der Waals surface area contributed by atoms with E-state index in [0.717, 1.165) is 31.9 Å². The third-order valence-corrected chi connectivity index (χ3v) is 3.88. The molecule has 108 valence electrons. The summed E-state index contributed by atoms with van der Waals surface area (Å²) >= 11 is 0. The maximum atomic E-state index is 4.30. The zero-order chi connectivity index (χ0) is 14.0. The van der Waals surface area contributed by atoms with Gasteiger partial charge in [0.15, 0.2) is 5.82 Å². The number of hydrogen-bond acceptors (Lipinski definition) is 5. The SMILES string of the molecule is CCC1CN(Cc2nnn(C)n2)C(C(C)(C)C)CN1. The Hall–Kier alpha value is -1.01. The van der Waals surface area contributed by atoms with E-state index in [0.29, 0.717) is 12.1 Å². The Morgan fingerprint density at radius 1 is 1.37 bits per heavy atom. The quantitative estimate of drug-likeness (QED) is 0.877. The summed E-state index contributed by atoms with van der Waals surface area (Å²) in [4.78, 5) is 4.03. The van der Waals surface area contributed by atoms with E-state index in [4.69, 9.17) is 0 Å². The number of rotatable bonds is 3. The van der Waals surface area contributed by atoms with Crippen molar-refractivity contribution in [2.45, 2.75) is 52.7 Å². The molecule has 0 saturated carbocycles. The van der Waals surface area contributed by atoms with Crippen LogP contribution in [-0.4, -0.2) is 50.3 Å². The van der Waals surface area contributed by atoms with Crippen LogP contribution in [0.15, 0.2) is 0 Å². The summed E-state index contributed by atoms with van der Waals surface area (Å²) in [6.45, 7) is 12.0. The lowest BCUT2D eigenvalue weighted by Gasteiger charge is -2.46. The standard InChI is InChI=1S/C13H26N6/c1-6-10-8-19(9-12-15-17-18(5)16-12)11(7-14-10)13(2,3)4/h10-11,14H,6-9H2,1-5H3. The topological polar surface area (TPSA) is 58.9 Å². The number of aryl methyl sites for hydroxylation is 1. The van der Waals surface area contributed by atoms with E-state index in [1.54, 1.807) is 0 Å². The van der Waals surface area contributed by atoms with E-state index in [-0.39, 0.29) is 5.41 Å². The summed E-state index contributed by atoms with van der Waals surface area (Å²) in [6.07, 6.45) is 1.15. The monoisotopic (exact) mass is 266 g/mol. The zero-order valence-electron chi connectivity index (χ0n) is 12.7. The Balaban J connectivity index is 2.11. The maximum Gasteiger partial charge on any atom is 0.188 e. The molecule has 1 fully saturated rings. The molecular weight excluding hydrogens is 240 g/mol. The molecule has 1 aromatic rings. The Morgan fingerprint density at radius 2 is 2.11 bits per heavy atom. The van der Waals surface area contributed by atoms with Crippen molar-refractivity contribution < 1.29 is 0 Å². The van der Waals surface area contributed by atoms with Crippen molar-refractivity contribution in [1.29, 1.82) is 0 Å². The molecule has 1 aliphatic rings. The molecule has 0 aromatic carbocycles. The van der Waals surface area contributed by atoms with E-state index in [1.807, 2.05) is 7.05 Å². The van der Waals surface area contributed by atoms with Crippen LogP contribution in [0.5, 0.6) is 0 Å². The van der Waals surface area contributed by atoms with Gasteiger partial charge in [-0.15, -0.1) is 10.2 Å². The first-order chi connectivity index (χ1) is 8.90. The highest BCUT2D eigenvalue weighted by atomic mass is 15.6. The highest BCUT2D eigenvalue weighted by Gasteiger charge is 2.35. The van der Waals surface area contributed by atoms with E-state index in [2.05, 4.69) is 53.3 Å². The summed E-state index contributed by atoms with van der Waals surface area (Å²) in [5.41, 5.74) is 0.244. The summed E-state index contributed by atoms with van der Waals surface area (Å²) < 4.78 is 0. The lowest BCUT2D eigenvalue weighted by molar-refractivity contribution is 0.0464. The Labute approximate surface area is 115 Å². The van der Waals surface area contributed by atoms with Crippen molar-refractivity contribution >= 4 is 0 Å². The fourth-order valence-electron chi connectivity index (χ4n) is 2.75. The number of aromatic nitrogens is 4. The summed E-state index contributed by atoms with van der Waals surface area (Å²) in [5.74, 6) is 0.813. The summed E-state index contributed by atoms with van der Waals surface area (Å²) in [5, 5.41) is 16.0. The molecule has 2 rings (SSSR count). The zero-order valence-corrected chi connectivity index (χ0v) is 12.7. The van der Waals surface area contributed by atoms with Crippen LogP contribution in [0.4, 0.5) is 0 Å². The molecule has 1 saturated heterocycles. The molecule has 6 nitrogen and oxygen atoms in total. The smallest absolute Gasteiger partial charge is 0.188 e. The molecule has 0 aliphatic carbocycles. The second-order valence-electron chi connectivity index (χ2n) is 6.52. The Kier molecular flexibility index (Phi) is 4.20. The maximum absolute atomic E-state index is 4.30. The predicted molar refractivity (Wildman–Crippen MR) is 74.5 cm³/mol. The number of piperazine rings is 1. The van der Waals surface area contributed by atoms with Crippen LogP contribution in [0.3, 0.4) is 0 Å². The van der Waals surface area contributed by atoms with Crippen molar-refractivity contribution in [1.82, 2.24) is 30.4 Å². The van der Waals surface area contributed by atoms with Crippen LogP contribution in [0.25, 0.3) is 0 Å². The molecule has 2 unspecified atom stereocenters. The molecule has 0 spiro atoms. The van der Waals surface area contributed by atoms with Crippen LogP contribution in [0.1, 0.15) is 39.9 Å². The second-order valence-corrected chi connectivity index (χ2v) is 6.52. The highest BCUT2D eigenvalue weighted by Crippen LogP contribution is 2.27. The van der Waals surface area contributed by atoms with Crippen molar-refractivity contribution in [3.05, 3.63) is 5.82 Å². The van der Waals surface area contributed by atoms with Crippen molar-refractivity contribution in [2.24, 2.45) is 12.5 Å². The largest absolute Gasteiger partial charge is 0.311 e. The van der Waals surface area contributed by atoms with Gasteiger partial charge < -0.3 is 5.32 Å². The van der Waals surface area contributed by atoms with Crippen molar-refractivity contribution in [2.75, 3.05) is 13.1 Å². The van der Waals surface area contributed by atoms with Crippen LogP contribution in [0.2, 0.25) is 0 Å². The molecule has 1 N–H and O–H groups in total. The van der Waals surface area contributed by atoms with Crippen LogP contribution in [-0.2, 0) is 13.6 Å². The minimum Gasteiger partial charge on any atom is -0.311 e. The van der Waals surface area contributed by atoms with Gasteiger partial charge in [0.2, 0.25) is 0 Å². The van der Waals surface area contributed by atoms with Gasteiger partial charge in [0.05, 0.1) is 13.6 Å². The lowest BCUT2D eigenvalue weighted by atomic mass is 9.83. The normalized spacial score (nSPS) is 25.7. The van der Waals surface area contributed by atoms with Gasteiger partial charge in [0, 0.05) is 25.2 Å². The fraction of sp³-hybridized carbons (Fsp3) is 0.923. The minimum absolute atomic E-state index is 0.244. The van der Waals surface area contributed by atoms with Gasteiger partial charge in [-0.2, -0.15) is 4.80 Å². The summed E-state index contributed by atoms with van der Waals surface area (Å²) in [7, 11) is 1.81. The summed E-state index contributed by atoms with van der Waals surface area (Å²) in [6, 6.07) is 1.06. The van der Waals surface area contributed by atoms with E-state index < -0.39 is 0 Å². The molecule has 1 aliphatic heterocycles. The molecule has 2 heterocycles. The van der Waals surface area contributed by atoms with Gasteiger partial charge >= 0.3 is 0 Å². The van der Waals surface area contributed by atoms with Gasteiger partial charge in [0.1, 0.15) is 0 Å². The number of nitrogens with zero attached hydrogens (tertiary/aromatic N) is 5. The van der Waals surface area contributed by atoms with Crippen molar-refractivity contribution in [3.63, 3.8) is 0 Å². The van der Waals surface area contributed by atoms with Crippen LogP contribution >= 0.6 is 0 Å². The molecule has 0 radical (unpaired) electrons. The predicted octanol–water partition coefficient (Wildman–Crippen LogP) is 0.809. The average Bonchev–Trinajstić information content (AvgIpc) is 2.73. The third kappa shape index (κ3) is 3.51. The minimum atomic E-state index is 0.244. The van der Waals surface area contributed by atoms with Crippen LogP contribution < -0.4 is 5.32 Å².